The van der Waals surface area contributed by atoms with Gasteiger partial charge in [0, 0.05) is 18.0 Å². The van der Waals surface area contributed by atoms with Crippen molar-refractivity contribution in [2.24, 2.45) is 0 Å². The number of aromatic hydroxyl groups is 1. The molecule has 0 radical (unpaired) electrons. The molecule has 0 fully saturated rings. The molecule has 0 aliphatic carbocycles. The number of carbonyl (C=O) groups excluding carboxylic acids is 1. The first-order chi connectivity index (χ1) is 13.6. The number of nitrogens with zero attached hydrogens (tertiary/aromatic N) is 3. The lowest BCUT2D eigenvalue weighted by Crippen LogP contribution is -2.38. The Kier molecular flexibility index (Phi) is 3.80. The predicted octanol–water partition coefficient (Wildman–Crippen LogP) is 3.10. The minimum atomic E-state index is -0.107. The number of rotatable bonds is 2. The van der Waals surface area contributed by atoms with Gasteiger partial charge >= 0.3 is 0 Å². The van der Waals surface area contributed by atoms with E-state index in [0.717, 1.165) is 27.2 Å². The Morgan fingerprint density at radius 3 is 3.04 bits per heavy atom. The molecule has 4 N–H and O–H groups in total. The number of aromatic nitrogens is 3. The van der Waals surface area contributed by atoms with E-state index >= 15 is 0 Å². The van der Waals surface area contributed by atoms with Crippen LogP contribution in [0.5, 0.6) is 5.75 Å². The van der Waals surface area contributed by atoms with Crippen LogP contribution in [0.2, 0.25) is 0 Å². The number of hydrogen-bond acceptors (Lipinski definition) is 6. The number of carbonyl (C=O) groups is 1. The number of fused-ring (bicyclic) bond motifs is 2. The summed E-state index contributed by atoms with van der Waals surface area (Å²) in [5.41, 5.74) is 9.84. The van der Waals surface area contributed by atoms with E-state index in [1.807, 2.05) is 18.2 Å². The fourth-order valence-electron chi connectivity index (χ4n) is 3.74. The van der Waals surface area contributed by atoms with Crippen molar-refractivity contribution >= 4 is 32.6 Å². The minimum Gasteiger partial charge on any atom is -0.508 e. The van der Waals surface area contributed by atoms with Crippen LogP contribution in [-0.4, -0.2) is 37.4 Å². The molecule has 1 unspecified atom stereocenters. The number of benzene rings is 2. The first kappa shape index (κ1) is 16.8. The van der Waals surface area contributed by atoms with Gasteiger partial charge in [-0.05, 0) is 35.9 Å². The summed E-state index contributed by atoms with van der Waals surface area (Å²) in [6, 6.07) is 12.6. The van der Waals surface area contributed by atoms with Gasteiger partial charge in [0.1, 0.15) is 5.75 Å². The van der Waals surface area contributed by atoms with Crippen LogP contribution in [0.4, 0.5) is 5.13 Å². The standard InChI is InChI=1S/C20H17N5O2S/c21-20-24-15-7-12(4-5-17(15)28-20)19(27)25-8-14(11-2-1-3-13(26)6-11)18-16(9-25)22-10-23-18/h1-7,10,14,26H,8-9H2,(H2,21,24)(H,22,23). The van der Waals surface area contributed by atoms with Gasteiger partial charge in [0.2, 0.25) is 0 Å². The molecule has 0 bridgehead atoms. The Labute approximate surface area is 164 Å². The van der Waals surface area contributed by atoms with Crippen LogP contribution in [0.1, 0.15) is 33.2 Å². The van der Waals surface area contributed by atoms with Crippen LogP contribution in [0.25, 0.3) is 10.2 Å². The van der Waals surface area contributed by atoms with Gasteiger partial charge in [-0.2, -0.15) is 0 Å². The summed E-state index contributed by atoms with van der Waals surface area (Å²) in [5, 5.41) is 10.4. The Hall–Kier alpha value is -3.39. The second kappa shape index (κ2) is 6.35. The lowest BCUT2D eigenvalue weighted by molar-refractivity contribution is 0.0722. The summed E-state index contributed by atoms with van der Waals surface area (Å²) in [7, 11) is 0. The Balaban J connectivity index is 1.50. The van der Waals surface area contributed by atoms with Crippen LogP contribution in [-0.2, 0) is 6.54 Å². The summed E-state index contributed by atoms with van der Waals surface area (Å²) < 4.78 is 0.959. The van der Waals surface area contributed by atoms with E-state index in [1.165, 1.54) is 11.3 Å². The zero-order chi connectivity index (χ0) is 19.3. The van der Waals surface area contributed by atoms with Crippen molar-refractivity contribution in [1.29, 1.82) is 0 Å². The maximum absolute atomic E-state index is 13.2. The Morgan fingerprint density at radius 2 is 2.18 bits per heavy atom. The number of thiazole rings is 1. The summed E-state index contributed by atoms with van der Waals surface area (Å²) in [4.78, 5) is 26.9. The SMILES string of the molecule is Nc1nc2cc(C(=O)N3Cc4[nH]cnc4C(c4cccc(O)c4)C3)ccc2s1. The highest BCUT2D eigenvalue weighted by atomic mass is 32.1. The first-order valence-corrected chi connectivity index (χ1v) is 9.66. The Morgan fingerprint density at radius 1 is 1.29 bits per heavy atom. The number of amides is 1. The minimum absolute atomic E-state index is 0.0705. The maximum Gasteiger partial charge on any atom is 0.254 e. The quantitative estimate of drug-likeness (QED) is 0.487. The van der Waals surface area contributed by atoms with Crippen LogP contribution < -0.4 is 5.73 Å². The van der Waals surface area contributed by atoms with E-state index in [0.29, 0.717) is 23.8 Å². The number of imidazole rings is 1. The average molecular weight is 391 g/mol. The summed E-state index contributed by atoms with van der Waals surface area (Å²) >= 11 is 1.40. The maximum atomic E-state index is 13.2. The molecule has 0 spiro atoms. The zero-order valence-electron chi connectivity index (χ0n) is 14.8. The number of anilines is 1. The molecule has 5 rings (SSSR count). The van der Waals surface area contributed by atoms with Crippen molar-refractivity contribution in [3.05, 3.63) is 71.3 Å². The number of nitrogens with one attached hydrogen (secondary N) is 1. The van der Waals surface area contributed by atoms with E-state index in [4.69, 9.17) is 5.73 Å². The number of nitrogen functional groups attached to an aromatic ring is 1. The number of hydrogen-bond donors (Lipinski definition) is 3. The van der Waals surface area contributed by atoms with E-state index in [1.54, 1.807) is 35.5 Å². The summed E-state index contributed by atoms with van der Waals surface area (Å²) in [5.74, 6) is 0.0215. The molecule has 4 aromatic rings. The van der Waals surface area contributed by atoms with Crippen molar-refractivity contribution in [2.45, 2.75) is 12.5 Å². The Bertz CT molecular complexity index is 1200. The fourth-order valence-corrected chi connectivity index (χ4v) is 4.46. The first-order valence-electron chi connectivity index (χ1n) is 8.85. The number of phenolic OH excluding ortho intramolecular Hbond substituents is 1. The summed E-state index contributed by atoms with van der Waals surface area (Å²) in [6.07, 6.45) is 1.65. The number of aromatic amines is 1. The fraction of sp³-hybridized carbons (Fsp3) is 0.150. The largest absolute Gasteiger partial charge is 0.508 e. The van der Waals surface area contributed by atoms with E-state index in [-0.39, 0.29) is 17.6 Å². The van der Waals surface area contributed by atoms with Crippen molar-refractivity contribution in [1.82, 2.24) is 19.9 Å². The van der Waals surface area contributed by atoms with Crippen molar-refractivity contribution < 1.29 is 9.90 Å². The van der Waals surface area contributed by atoms with Crippen molar-refractivity contribution in [2.75, 3.05) is 12.3 Å². The second-order valence-electron chi connectivity index (χ2n) is 6.83. The number of nitrogens with two attached hydrogens (primary N) is 1. The topological polar surface area (TPSA) is 108 Å². The molecule has 1 amide bonds. The number of phenols is 1. The van der Waals surface area contributed by atoms with Gasteiger partial charge in [0.15, 0.2) is 5.13 Å². The van der Waals surface area contributed by atoms with Crippen molar-refractivity contribution in [3.63, 3.8) is 0 Å². The average Bonchev–Trinajstić information content (AvgIpc) is 3.31. The number of H-pyrrole nitrogens is 1. The molecule has 3 heterocycles. The van der Waals surface area contributed by atoms with E-state index in [2.05, 4.69) is 15.0 Å². The van der Waals surface area contributed by atoms with E-state index in [9.17, 15) is 9.90 Å². The highest BCUT2D eigenvalue weighted by Gasteiger charge is 2.32. The van der Waals surface area contributed by atoms with Gasteiger partial charge in [-0.1, -0.05) is 23.5 Å². The van der Waals surface area contributed by atoms with Gasteiger partial charge in [0.25, 0.3) is 5.91 Å². The zero-order valence-corrected chi connectivity index (χ0v) is 15.6. The molecule has 1 atom stereocenters. The molecule has 2 aromatic carbocycles. The van der Waals surface area contributed by atoms with Gasteiger partial charge in [-0.3, -0.25) is 4.79 Å². The smallest absolute Gasteiger partial charge is 0.254 e. The van der Waals surface area contributed by atoms with Gasteiger partial charge < -0.3 is 20.7 Å². The highest BCUT2D eigenvalue weighted by Crippen LogP contribution is 2.34. The molecule has 7 nitrogen and oxygen atoms in total. The van der Waals surface area contributed by atoms with Gasteiger partial charge in [-0.25, -0.2) is 9.97 Å². The third-order valence-electron chi connectivity index (χ3n) is 5.04. The molecule has 8 heteroatoms. The molecule has 2 aromatic heterocycles. The van der Waals surface area contributed by atoms with Gasteiger partial charge in [-0.15, -0.1) is 0 Å². The molecule has 0 saturated heterocycles. The lowest BCUT2D eigenvalue weighted by atomic mass is 9.90. The van der Waals surface area contributed by atoms with Gasteiger partial charge in [0.05, 0.1) is 34.5 Å². The summed E-state index contributed by atoms with van der Waals surface area (Å²) in [6.45, 7) is 0.943. The van der Waals surface area contributed by atoms with Crippen molar-refractivity contribution in [3.8, 4) is 5.75 Å². The molecule has 1 aliphatic rings. The highest BCUT2D eigenvalue weighted by molar-refractivity contribution is 7.22. The molecule has 140 valence electrons. The third kappa shape index (κ3) is 2.78. The lowest BCUT2D eigenvalue weighted by Gasteiger charge is -2.32. The van der Waals surface area contributed by atoms with Crippen LogP contribution in [0.15, 0.2) is 48.8 Å². The molecular formula is C20H17N5O2S. The molecule has 0 saturated carbocycles. The monoisotopic (exact) mass is 391 g/mol. The second-order valence-corrected chi connectivity index (χ2v) is 7.90. The molecule has 28 heavy (non-hydrogen) atoms. The predicted molar refractivity (Wildman–Crippen MR) is 107 cm³/mol. The van der Waals surface area contributed by atoms with Crippen LogP contribution >= 0.6 is 11.3 Å². The molecular weight excluding hydrogens is 374 g/mol. The third-order valence-corrected chi connectivity index (χ3v) is 5.91. The normalized spacial score (nSPS) is 16.3. The molecule has 1 aliphatic heterocycles. The van der Waals surface area contributed by atoms with Crippen LogP contribution in [0.3, 0.4) is 0 Å². The van der Waals surface area contributed by atoms with Crippen LogP contribution in [0, 0.1) is 0 Å². The van der Waals surface area contributed by atoms with E-state index < -0.39 is 0 Å².